The molecule has 0 radical (unpaired) electrons. The molecule has 0 aliphatic heterocycles. The van der Waals surface area contributed by atoms with Crippen LogP contribution < -0.4 is 11.1 Å². The van der Waals surface area contributed by atoms with Gasteiger partial charge in [-0.1, -0.05) is 17.0 Å². The Morgan fingerprint density at radius 2 is 2.17 bits per heavy atom. The summed E-state index contributed by atoms with van der Waals surface area (Å²) in [6, 6.07) is 0.581. The number of hydrogen-bond acceptors (Lipinski definition) is 6. The highest BCUT2D eigenvalue weighted by Gasteiger charge is 2.22. The molecule has 1 aliphatic carbocycles. The fourth-order valence-electron chi connectivity index (χ4n) is 2.97. The van der Waals surface area contributed by atoms with E-state index in [1.54, 1.807) is 28.8 Å². The topological polar surface area (TPSA) is 104 Å². The lowest BCUT2D eigenvalue weighted by Crippen LogP contribution is -2.28. The molecule has 2 aromatic rings. The van der Waals surface area contributed by atoms with E-state index in [2.05, 4.69) is 20.6 Å². The predicted octanol–water partition coefficient (Wildman–Crippen LogP) is 1.11. The van der Waals surface area contributed by atoms with Gasteiger partial charge in [0.15, 0.2) is 10.9 Å². The van der Waals surface area contributed by atoms with Crippen molar-refractivity contribution in [2.24, 2.45) is 12.8 Å². The van der Waals surface area contributed by atoms with Gasteiger partial charge in [0.2, 0.25) is 0 Å². The normalized spacial score (nSPS) is 21.0. The molecule has 1 saturated carbocycles. The minimum absolute atomic E-state index is 0.222. The first-order chi connectivity index (χ1) is 11.6. The number of carbonyl (C=O) groups excluding carboxylic acids is 1. The molecule has 8 nitrogen and oxygen atoms in total. The van der Waals surface area contributed by atoms with Crippen LogP contribution >= 0.6 is 11.8 Å². The fraction of sp³-hybridized carbons (Fsp3) is 0.600. The molecule has 0 atom stereocenters. The molecule has 0 aromatic carbocycles. The number of hydrogen-bond donors (Lipinski definition) is 2. The summed E-state index contributed by atoms with van der Waals surface area (Å²) < 4.78 is 3.77. The van der Waals surface area contributed by atoms with E-state index in [9.17, 15) is 4.79 Å². The molecule has 1 fully saturated rings. The molecule has 2 heterocycles. The quantitative estimate of drug-likeness (QED) is 0.784. The van der Waals surface area contributed by atoms with Crippen LogP contribution in [-0.4, -0.2) is 42.7 Å². The van der Waals surface area contributed by atoms with Gasteiger partial charge in [-0.05, 0) is 31.9 Å². The van der Waals surface area contributed by atoms with Crippen molar-refractivity contribution in [1.29, 1.82) is 0 Å². The summed E-state index contributed by atoms with van der Waals surface area (Å²) in [5, 5.41) is 11.9. The number of nitrogens with two attached hydrogens (primary N) is 1. The molecular formula is C15H23N7OS. The molecule has 0 bridgehead atoms. The molecular weight excluding hydrogens is 326 g/mol. The van der Waals surface area contributed by atoms with Crippen molar-refractivity contribution in [3.8, 4) is 0 Å². The van der Waals surface area contributed by atoms with Gasteiger partial charge in [0, 0.05) is 13.1 Å². The van der Waals surface area contributed by atoms with E-state index in [1.165, 1.54) is 0 Å². The van der Waals surface area contributed by atoms with Gasteiger partial charge in [0.1, 0.15) is 0 Å². The minimum atomic E-state index is -0.222. The maximum absolute atomic E-state index is 12.3. The minimum Gasteiger partial charge on any atom is -0.345 e. The molecule has 9 heteroatoms. The van der Waals surface area contributed by atoms with Crippen molar-refractivity contribution < 1.29 is 4.79 Å². The number of carbonyl (C=O) groups is 1. The molecule has 3 N–H and O–H groups in total. The third-order valence-electron chi connectivity index (χ3n) is 4.51. The Bertz CT molecular complexity index is 702. The van der Waals surface area contributed by atoms with Gasteiger partial charge in [-0.15, -0.1) is 5.10 Å². The third-order valence-corrected chi connectivity index (χ3v) is 5.26. The SMILES string of the molecule is CSc1ncc(CNC(=O)c2cn(C3CCC(N)CC3)nn2)n1C. The Balaban J connectivity index is 1.58. The second kappa shape index (κ2) is 7.35. The average molecular weight is 349 g/mol. The summed E-state index contributed by atoms with van der Waals surface area (Å²) in [5.41, 5.74) is 7.22. The maximum Gasteiger partial charge on any atom is 0.273 e. The summed E-state index contributed by atoms with van der Waals surface area (Å²) in [4.78, 5) is 16.6. The number of thioether (sulfide) groups is 1. The van der Waals surface area contributed by atoms with Crippen molar-refractivity contribution in [3.63, 3.8) is 0 Å². The summed E-state index contributed by atoms with van der Waals surface area (Å²) in [6.45, 7) is 0.411. The van der Waals surface area contributed by atoms with Crippen molar-refractivity contribution in [1.82, 2.24) is 29.9 Å². The Kier molecular flexibility index (Phi) is 5.20. The van der Waals surface area contributed by atoms with Crippen LogP contribution in [0.4, 0.5) is 0 Å². The number of imidazole rings is 1. The lowest BCUT2D eigenvalue weighted by molar-refractivity contribution is 0.0945. The Morgan fingerprint density at radius 3 is 2.83 bits per heavy atom. The molecule has 130 valence electrons. The lowest BCUT2D eigenvalue weighted by Gasteiger charge is -2.25. The largest absolute Gasteiger partial charge is 0.345 e. The van der Waals surface area contributed by atoms with Crippen molar-refractivity contribution >= 4 is 17.7 Å². The highest BCUT2D eigenvalue weighted by molar-refractivity contribution is 7.98. The fourth-order valence-corrected chi connectivity index (χ4v) is 3.52. The second-order valence-electron chi connectivity index (χ2n) is 6.13. The first kappa shape index (κ1) is 17.0. The van der Waals surface area contributed by atoms with Gasteiger partial charge >= 0.3 is 0 Å². The van der Waals surface area contributed by atoms with Crippen LogP contribution in [0.15, 0.2) is 17.6 Å². The second-order valence-corrected chi connectivity index (χ2v) is 6.90. The van der Waals surface area contributed by atoms with Crippen molar-refractivity contribution in [2.45, 2.75) is 49.5 Å². The van der Waals surface area contributed by atoms with Gasteiger partial charge < -0.3 is 15.6 Å². The Labute approximate surface area is 145 Å². The van der Waals surface area contributed by atoms with Crippen LogP contribution in [0.25, 0.3) is 0 Å². The van der Waals surface area contributed by atoms with Crippen LogP contribution in [-0.2, 0) is 13.6 Å². The summed E-state index contributed by atoms with van der Waals surface area (Å²) in [7, 11) is 1.93. The highest BCUT2D eigenvalue weighted by atomic mass is 32.2. The first-order valence-corrected chi connectivity index (χ1v) is 9.31. The molecule has 0 saturated heterocycles. The third kappa shape index (κ3) is 3.62. The van der Waals surface area contributed by atoms with E-state index in [0.29, 0.717) is 18.3 Å². The van der Waals surface area contributed by atoms with E-state index in [4.69, 9.17) is 5.73 Å². The standard InChI is InChI=1S/C15H23N7OS/c1-21-12(8-18-15(21)24-2)7-17-14(23)13-9-22(20-19-13)11-5-3-10(16)4-6-11/h8-11H,3-7,16H2,1-2H3,(H,17,23). The molecule has 1 aliphatic rings. The molecule has 2 aromatic heterocycles. The molecule has 3 rings (SSSR count). The summed E-state index contributed by atoms with van der Waals surface area (Å²) >= 11 is 1.57. The van der Waals surface area contributed by atoms with E-state index < -0.39 is 0 Å². The average Bonchev–Trinajstić information content (AvgIpc) is 3.20. The van der Waals surface area contributed by atoms with Crippen molar-refractivity contribution in [3.05, 3.63) is 23.8 Å². The van der Waals surface area contributed by atoms with Crippen LogP contribution in [0.3, 0.4) is 0 Å². The van der Waals surface area contributed by atoms with E-state index in [0.717, 1.165) is 36.5 Å². The maximum atomic E-state index is 12.3. The zero-order chi connectivity index (χ0) is 17.1. The van der Waals surface area contributed by atoms with E-state index in [-0.39, 0.29) is 11.9 Å². The van der Waals surface area contributed by atoms with Crippen LogP contribution in [0.1, 0.15) is 47.9 Å². The van der Waals surface area contributed by atoms with Gasteiger partial charge in [-0.25, -0.2) is 9.67 Å². The van der Waals surface area contributed by atoms with Crippen LogP contribution in [0.5, 0.6) is 0 Å². The predicted molar refractivity (Wildman–Crippen MR) is 91.7 cm³/mol. The zero-order valence-electron chi connectivity index (χ0n) is 14.0. The monoisotopic (exact) mass is 349 g/mol. The summed E-state index contributed by atoms with van der Waals surface area (Å²) in [5.74, 6) is -0.222. The number of amides is 1. The molecule has 0 spiro atoms. The first-order valence-electron chi connectivity index (χ1n) is 8.08. The number of rotatable bonds is 5. The van der Waals surface area contributed by atoms with Gasteiger partial charge in [-0.3, -0.25) is 4.79 Å². The van der Waals surface area contributed by atoms with Crippen LogP contribution in [0.2, 0.25) is 0 Å². The van der Waals surface area contributed by atoms with Gasteiger partial charge in [0.05, 0.1) is 30.7 Å². The van der Waals surface area contributed by atoms with Gasteiger partial charge in [0.25, 0.3) is 5.91 Å². The molecule has 1 amide bonds. The van der Waals surface area contributed by atoms with E-state index in [1.807, 2.05) is 17.9 Å². The van der Waals surface area contributed by atoms with Gasteiger partial charge in [-0.2, -0.15) is 0 Å². The van der Waals surface area contributed by atoms with Crippen molar-refractivity contribution in [2.75, 3.05) is 6.26 Å². The number of nitrogens with zero attached hydrogens (tertiary/aromatic N) is 5. The number of nitrogens with one attached hydrogen (secondary N) is 1. The number of aromatic nitrogens is 5. The molecule has 0 unspecified atom stereocenters. The summed E-state index contributed by atoms with van der Waals surface area (Å²) in [6.07, 6.45) is 9.42. The Morgan fingerprint density at radius 1 is 1.42 bits per heavy atom. The highest BCUT2D eigenvalue weighted by Crippen LogP contribution is 2.26. The molecule has 24 heavy (non-hydrogen) atoms. The Hall–Kier alpha value is -1.87. The zero-order valence-corrected chi connectivity index (χ0v) is 14.8. The van der Waals surface area contributed by atoms with Crippen LogP contribution in [0, 0.1) is 0 Å². The smallest absolute Gasteiger partial charge is 0.273 e. The lowest BCUT2D eigenvalue weighted by atomic mass is 9.92. The van der Waals surface area contributed by atoms with E-state index >= 15 is 0 Å².